The van der Waals surface area contributed by atoms with Crippen LogP contribution >= 0.6 is 35.7 Å². The minimum atomic E-state index is 0.615. The van der Waals surface area contributed by atoms with E-state index in [9.17, 15) is 0 Å². The summed E-state index contributed by atoms with van der Waals surface area (Å²) in [6.45, 7) is 6.36. The van der Waals surface area contributed by atoms with Gasteiger partial charge in [-0.05, 0) is 31.5 Å². The normalized spacial score (nSPS) is 10.7. The first kappa shape index (κ1) is 15.3. The highest BCUT2D eigenvalue weighted by atomic mass is 32.2. The van der Waals surface area contributed by atoms with Crippen LogP contribution in [0, 0.1) is 11.7 Å². The van der Waals surface area contributed by atoms with Crippen molar-refractivity contribution in [2.75, 3.05) is 6.26 Å². The molecule has 0 aliphatic heterocycles. The molecule has 0 unspecified atom stereocenters. The van der Waals surface area contributed by atoms with Crippen LogP contribution in [0.25, 0.3) is 0 Å². The molecule has 0 aliphatic rings. The van der Waals surface area contributed by atoms with Crippen LogP contribution in [-0.4, -0.2) is 31.0 Å². The van der Waals surface area contributed by atoms with E-state index in [4.69, 9.17) is 12.2 Å². The van der Waals surface area contributed by atoms with Crippen LogP contribution < -0.4 is 0 Å². The molecule has 0 aromatic carbocycles. The number of thioether (sulfide) groups is 2. The molecule has 0 aliphatic carbocycles. The summed E-state index contributed by atoms with van der Waals surface area (Å²) < 4.78 is 2.54. The number of aromatic amines is 1. The third-order valence-corrected chi connectivity index (χ3v) is 4.26. The van der Waals surface area contributed by atoms with E-state index in [1.807, 2.05) is 23.8 Å². The lowest BCUT2D eigenvalue weighted by Crippen LogP contribution is -2.01. The number of hydrogen-bond acceptors (Lipinski definition) is 6. The van der Waals surface area contributed by atoms with Gasteiger partial charge in [-0.15, -0.1) is 6.58 Å². The van der Waals surface area contributed by atoms with E-state index in [-0.39, 0.29) is 0 Å². The highest BCUT2D eigenvalue weighted by Gasteiger charge is 2.08. The monoisotopic (exact) mass is 325 g/mol. The van der Waals surface area contributed by atoms with Crippen LogP contribution in [0.3, 0.4) is 0 Å². The zero-order chi connectivity index (χ0) is 14.5. The molecule has 0 bridgehead atoms. The minimum absolute atomic E-state index is 0.615. The van der Waals surface area contributed by atoms with Gasteiger partial charge < -0.3 is 0 Å². The van der Waals surface area contributed by atoms with Gasteiger partial charge in [0.15, 0.2) is 9.93 Å². The summed E-state index contributed by atoms with van der Waals surface area (Å²) >= 11 is 8.35. The van der Waals surface area contributed by atoms with Gasteiger partial charge in [0.25, 0.3) is 0 Å². The highest BCUT2D eigenvalue weighted by Crippen LogP contribution is 2.22. The van der Waals surface area contributed by atoms with Crippen molar-refractivity contribution in [3.05, 3.63) is 35.0 Å². The standard InChI is InChI=1S/C12H15N5S3/c1-4-5-17-9(15-16-12(17)18)7-20-10-6-8(2)13-11(14-10)19-3/h4,6H,1,5,7H2,2-3H3,(H,16,18). The van der Waals surface area contributed by atoms with Gasteiger partial charge >= 0.3 is 0 Å². The van der Waals surface area contributed by atoms with Gasteiger partial charge in [-0.2, -0.15) is 5.10 Å². The average molecular weight is 325 g/mol. The van der Waals surface area contributed by atoms with Crippen molar-refractivity contribution in [3.63, 3.8) is 0 Å². The molecule has 2 heterocycles. The molecule has 8 heteroatoms. The Morgan fingerprint density at radius 1 is 1.50 bits per heavy atom. The predicted octanol–water partition coefficient (Wildman–Crippen LogP) is 3.24. The molecule has 20 heavy (non-hydrogen) atoms. The molecule has 0 amide bonds. The van der Waals surface area contributed by atoms with Crippen molar-refractivity contribution >= 4 is 35.7 Å². The number of H-pyrrole nitrogens is 1. The van der Waals surface area contributed by atoms with Crippen LogP contribution in [0.5, 0.6) is 0 Å². The number of hydrogen-bond donors (Lipinski definition) is 1. The summed E-state index contributed by atoms with van der Waals surface area (Å²) in [6, 6.07) is 1.98. The van der Waals surface area contributed by atoms with Crippen LogP contribution in [0.2, 0.25) is 0 Å². The summed E-state index contributed by atoms with van der Waals surface area (Å²) in [4.78, 5) is 8.81. The Hall–Kier alpha value is -1.12. The Morgan fingerprint density at radius 2 is 2.30 bits per heavy atom. The molecule has 0 spiro atoms. The van der Waals surface area contributed by atoms with E-state index < -0.39 is 0 Å². The molecular formula is C12H15N5S3. The van der Waals surface area contributed by atoms with E-state index in [0.717, 1.165) is 21.7 Å². The topological polar surface area (TPSA) is 59.4 Å². The van der Waals surface area contributed by atoms with Crippen molar-refractivity contribution < 1.29 is 0 Å². The van der Waals surface area contributed by atoms with Gasteiger partial charge in [-0.3, -0.25) is 9.67 Å². The van der Waals surface area contributed by atoms with E-state index in [1.54, 1.807) is 29.6 Å². The molecule has 0 saturated heterocycles. The molecule has 0 fully saturated rings. The van der Waals surface area contributed by atoms with E-state index >= 15 is 0 Å². The second kappa shape index (κ2) is 7.05. The van der Waals surface area contributed by atoms with E-state index in [1.165, 1.54) is 0 Å². The quantitative estimate of drug-likeness (QED) is 0.289. The maximum atomic E-state index is 5.19. The van der Waals surface area contributed by atoms with E-state index in [0.29, 0.717) is 17.1 Å². The van der Waals surface area contributed by atoms with Gasteiger partial charge in [0, 0.05) is 12.2 Å². The van der Waals surface area contributed by atoms with E-state index in [2.05, 4.69) is 26.7 Å². The number of nitrogens with zero attached hydrogens (tertiary/aromatic N) is 4. The Bertz CT molecular complexity index is 661. The zero-order valence-corrected chi connectivity index (χ0v) is 13.7. The smallest absolute Gasteiger partial charge is 0.195 e. The molecule has 5 nitrogen and oxygen atoms in total. The van der Waals surface area contributed by atoms with Crippen molar-refractivity contribution in [2.45, 2.75) is 29.4 Å². The van der Waals surface area contributed by atoms with Crippen LogP contribution in [0.4, 0.5) is 0 Å². The van der Waals surface area contributed by atoms with Gasteiger partial charge in [-0.1, -0.05) is 29.6 Å². The summed E-state index contributed by atoms with van der Waals surface area (Å²) in [5.41, 5.74) is 0.969. The first-order valence-corrected chi connectivity index (χ1v) is 8.53. The third-order valence-electron chi connectivity index (χ3n) is 2.49. The molecule has 0 radical (unpaired) electrons. The lowest BCUT2D eigenvalue weighted by molar-refractivity contribution is 0.765. The average Bonchev–Trinajstić information content (AvgIpc) is 2.77. The Morgan fingerprint density at radius 3 is 3.00 bits per heavy atom. The van der Waals surface area contributed by atoms with Crippen LogP contribution in [0.15, 0.2) is 28.9 Å². The highest BCUT2D eigenvalue weighted by molar-refractivity contribution is 7.99. The molecule has 2 aromatic rings. The molecule has 0 atom stereocenters. The maximum Gasteiger partial charge on any atom is 0.195 e. The van der Waals surface area contributed by atoms with Gasteiger partial charge in [0.2, 0.25) is 0 Å². The number of nitrogens with one attached hydrogen (secondary N) is 1. The van der Waals surface area contributed by atoms with Gasteiger partial charge in [0.05, 0.1) is 5.75 Å². The maximum absolute atomic E-state index is 5.19. The third kappa shape index (κ3) is 3.71. The Labute approximate surface area is 131 Å². The number of aromatic nitrogens is 5. The second-order valence-corrected chi connectivity index (χ2v) is 6.12. The first-order valence-electron chi connectivity index (χ1n) is 5.91. The van der Waals surface area contributed by atoms with Crippen molar-refractivity contribution in [3.8, 4) is 0 Å². The SMILES string of the molecule is C=CCn1c(CSc2cc(C)nc(SC)n2)n[nH]c1=S. The molecule has 0 saturated carbocycles. The lowest BCUT2D eigenvalue weighted by atomic mass is 10.5. The Balaban J connectivity index is 2.14. The van der Waals surface area contributed by atoms with Crippen molar-refractivity contribution in [2.24, 2.45) is 0 Å². The summed E-state index contributed by atoms with van der Waals surface area (Å²) in [6.07, 6.45) is 3.78. The molecule has 2 aromatic heterocycles. The van der Waals surface area contributed by atoms with Gasteiger partial charge in [0.1, 0.15) is 10.9 Å². The molecule has 106 valence electrons. The second-order valence-electron chi connectivity index (χ2n) is 3.97. The molecule has 2 rings (SSSR count). The molecule has 1 N–H and O–H groups in total. The van der Waals surface area contributed by atoms with Crippen molar-refractivity contribution in [1.29, 1.82) is 0 Å². The Kier molecular flexibility index (Phi) is 5.38. The summed E-state index contributed by atoms with van der Waals surface area (Å²) in [7, 11) is 0. The van der Waals surface area contributed by atoms with Gasteiger partial charge in [-0.25, -0.2) is 9.97 Å². The summed E-state index contributed by atoms with van der Waals surface area (Å²) in [5, 5.41) is 8.79. The largest absolute Gasteiger partial charge is 0.300 e. The molecular weight excluding hydrogens is 310 g/mol. The zero-order valence-electron chi connectivity index (χ0n) is 11.3. The predicted molar refractivity (Wildman–Crippen MR) is 85.7 cm³/mol. The minimum Gasteiger partial charge on any atom is -0.300 e. The number of aryl methyl sites for hydroxylation is 1. The fourth-order valence-electron chi connectivity index (χ4n) is 1.59. The number of allylic oxidation sites excluding steroid dienone is 1. The summed E-state index contributed by atoms with van der Waals surface area (Å²) in [5.74, 6) is 1.59. The fraction of sp³-hybridized carbons (Fsp3) is 0.333. The van der Waals surface area contributed by atoms with Crippen LogP contribution in [-0.2, 0) is 12.3 Å². The number of rotatable bonds is 6. The first-order chi connectivity index (χ1) is 9.63. The van der Waals surface area contributed by atoms with Crippen molar-refractivity contribution in [1.82, 2.24) is 24.7 Å². The lowest BCUT2D eigenvalue weighted by Gasteiger charge is -2.05. The van der Waals surface area contributed by atoms with Crippen LogP contribution in [0.1, 0.15) is 11.5 Å². The fourth-order valence-corrected chi connectivity index (χ4v) is 3.21.